The molecule has 3 N–H and O–H groups in total. The molecule has 2 rings (SSSR count). The summed E-state index contributed by atoms with van der Waals surface area (Å²) >= 11 is 5.71. The number of rotatable bonds is 2. The van der Waals surface area contributed by atoms with Gasteiger partial charge in [0, 0.05) is 6.20 Å². The molecule has 0 aliphatic carbocycles. The monoisotopic (exact) mass is 261 g/mol. The Bertz CT molecular complexity index is 561. The Kier molecular flexibility index (Phi) is 3.48. The summed E-state index contributed by atoms with van der Waals surface area (Å²) in [5.74, 6) is -0.312. The van der Waals surface area contributed by atoms with Gasteiger partial charge in [0.15, 0.2) is 0 Å². The van der Waals surface area contributed by atoms with E-state index in [1.807, 2.05) is 19.1 Å². The van der Waals surface area contributed by atoms with Gasteiger partial charge < -0.3 is 11.1 Å². The molecule has 1 aromatic heterocycles. The molecule has 0 bridgehead atoms. The Hall–Kier alpha value is -2.07. The number of aryl methyl sites for hydroxylation is 1. The number of carbonyl (C=O) groups excluding carboxylic acids is 1. The van der Waals surface area contributed by atoms with Gasteiger partial charge >= 0.3 is 0 Å². The number of para-hydroxylation sites is 1. The topological polar surface area (TPSA) is 68.0 Å². The summed E-state index contributed by atoms with van der Waals surface area (Å²) in [6.45, 7) is 1.88. The van der Waals surface area contributed by atoms with Gasteiger partial charge in [-0.05, 0) is 30.7 Å². The van der Waals surface area contributed by atoms with Crippen molar-refractivity contribution in [2.24, 2.45) is 0 Å². The van der Waals surface area contributed by atoms with E-state index in [0.29, 0.717) is 22.1 Å². The number of nitrogens with two attached hydrogens (primary N) is 1. The number of anilines is 2. The van der Waals surface area contributed by atoms with E-state index in [-0.39, 0.29) is 5.91 Å². The van der Waals surface area contributed by atoms with Crippen LogP contribution in [0, 0.1) is 6.92 Å². The average Bonchev–Trinajstić information content (AvgIpc) is 2.34. The molecule has 2 aromatic rings. The van der Waals surface area contributed by atoms with Gasteiger partial charge in [-0.1, -0.05) is 23.7 Å². The van der Waals surface area contributed by atoms with Crippen molar-refractivity contribution in [1.82, 2.24) is 4.98 Å². The zero-order valence-electron chi connectivity index (χ0n) is 9.77. The summed E-state index contributed by atoms with van der Waals surface area (Å²) in [6, 6.07) is 8.62. The van der Waals surface area contributed by atoms with Crippen molar-refractivity contribution in [3.63, 3.8) is 0 Å². The second kappa shape index (κ2) is 5.06. The van der Waals surface area contributed by atoms with Crippen LogP contribution in [0.4, 0.5) is 11.4 Å². The third-order valence-electron chi connectivity index (χ3n) is 2.50. The van der Waals surface area contributed by atoms with Crippen molar-refractivity contribution >= 4 is 28.9 Å². The van der Waals surface area contributed by atoms with Gasteiger partial charge in [0.2, 0.25) is 0 Å². The lowest BCUT2D eigenvalue weighted by Crippen LogP contribution is -2.15. The number of nitrogens with one attached hydrogen (secondary N) is 1. The fourth-order valence-corrected chi connectivity index (χ4v) is 1.66. The molecule has 0 saturated heterocycles. The molecular formula is C13H12ClN3O. The Morgan fingerprint density at radius 3 is 2.72 bits per heavy atom. The van der Waals surface area contributed by atoms with E-state index in [1.165, 1.54) is 6.20 Å². The van der Waals surface area contributed by atoms with Gasteiger partial charge in [-0.2, -0.15) is 0 Å². The van der Waals surface area contributed by atoms with Crippen LogP contribution in [0.2, 0.25) is 5.02 Å². The second-order valence-electron chi connectivity index (χ2n) is 3.85. The predicted molar refractivity (Wildman–Crippen MR) is 72.8 cm³/mol. The molecule has 0 atom stereocenters. The quantitative estimate of drug-likeness (QED) is 0.817. The molecule has 5 heteroatoms. The summed E-state index contributed by atoms with van der Waals surface area (Å²) in [7, 11) is 0. The second-order valence-corrected chi connectivity index (χ2v) is 4.29. The highest BCUT2D eigenvalue weighted by Gasteiger charge is 2.10. The van der Waals surface area contributed by atoms with Crippen LogP contribution in [0.3, 0.4) is 0 Å². The molecule has 1 aromatic carbocycles. The molecule has 0 spiro atoms. The first kappa shape index (κ1) is 12.4. The molecule has 1 heterocycles. The zero-order chi connectivity index (χ0) is 13.1. The van der Waals surface area contributed by atoms with Gasteiger partial charge in [-0.15, -0.1) is 0 Å². The summed E-state index contributed by atoms with van der Waals surface area (Å²) in [4.78, 5) is 15.9. The molecule has 0 aliphatic heterocycles. The molecule has 18 heavy (non-hydrogen) atoms. The smallest absolute Gasteiger partial charge is 0.274 e. The maximum Gasteiger partial charge on any atom is 0.274 e. The first-order valence-electron chi connectivity index (χ1n) is 5.36. The highest BCUT2D eigenvalue weighted by atomic mass is 35.5. The van der Waals surface area contributed by atoms with E-state index in [4.69, 9.17) is 17.3 Å². The lowest BCUT2D eigenvalue weighted by Gasteiger charge is -2.10. The maximum atomic E-state index is 12.0. The minimum Gasteiger partial charge on any atom is -0.397 e. The van der Waals surface area contributed by atoms with Crippen molar-refractivity contribution in [2.45, 2.75) is 6.92 Å². The van der Waals surface area contributed by atoms with Crippen LogP contribution in [-0.4, -0.2) is 10.9 Å². The lowest BCUT2D eigenvalue weighted by atomic mass is 10.1. The molecule has 92 valence electrons. The van der Waals surface area contributed by atoms with Gasteiger partial charge in [-0.25, -0.2) is 4.98 Å². The molecular weight excluding hydrogens is 250 g/mol. The largest absolute Gasteiger partial charge is 0.397 e. The summed E-state index contributed by atoms with van der Waals surface area (Å²) in [6.07, 6.45) is 1.43. The van der Waals surface area contributed by atoms with Crippen LogP contribution in [0.25, 0.3) is 0 Å². The van der Waals surface area contributed by atoms with Crippen LogP contribution >= 0.6 is 11.6 Å². The van der Waals surface area contributed by atoms with E-state index >= 15 is 0 Å². The van der Waals surface area contributed by atoms with Gasteiger partial charge in [0.25, 0.3) is 5.91 Å². The first-order chi connectivity index (χ1) is 8.58. The third-order valence-corrected chi connectivity index (χ3v) is 2.73. The minimum absolute atomic E-state index is 0.294. The van der Waals surface area contributed by atoms with E-state index in [1.54, 1.807) is 18.2 Å². The number of pyridine rings is 1. The highest BCUT2D eigenvalue weighted by molar-refractivity contribution is 6.30. The number of benzene rings is 1. The number of halogens is 1. The van der Waals surface area contributed by atoms with E-state index in [2.05, 4.69) is 10.3 Å². The van der Waals surface area contributed by atoms with Crippen LogP contribution < -0.4 is 11.1 Å². The molecule has 1 amide bonds. The van der Waals surface area contributed by atoms with Gasteiger partial charge in [0.1, 0.15) is 5.69 Å². The van der Waals surface area contributed by atoms with Crippen LogP contribution in [0.1, 0.15) is 16.1 Å². The molecule has 0 aliphatic rings. The third kappa shape index (κ3) is 2.60. The highest BCUT2D eigenvalue weighted by Crippen LogP contribution is 2.23. The fraction of sp³-hybridized carbons (Fsp3) is 0.0769. The summed E-state index contributed by atoms with van der Waals surface area (Å²) < 4.78 is 0. The Morgan fingerprint density at radius 1 is 1.33 bits per heavy atom. The average molecular weight is 262 g/mol. The van der Waals surface area contributed by atoms with Gasteiger partial charge in [0.05, 0.1) is 16.4 Å². The first-order valence-corrected chi connectivity index (χ1v) is 5.73. The Labute approximate surface area is 110 Å². The number of hydrogen-bond donors (Lipinski definition) is 2. The Balaban J connectivity index is 2.24. The van der Waals surface area contributed by atoms with E-state index in [9.17, 15) is 4.79 Å². The van der Waals surface area contributed by atoms with Crippen molar-refractivity contribution in [3.05, 3.63) is 52.8 Å². The molecule has 0 saturated carbocycles. The van der Waals surface area contributed by atoms with Crippen molar-refractivity contribution in [1.29, 1.82) is 0 Å². The fourth-order valence-electron chi connectivity index (χ4n) is 1.55. The number of aromatic nitrogens is 1. The number of amides is 1. The minimum atomic E-state index is -0.312. The number of nitrogen functional groups attached to an aromatic ring is 1. The van der Waals surface area contributed by atoms with Gasteiger partial charge in [-0.3, -0.25) is 4.79 Å². The maximum absolute atomic E-state index is 12.0. The van der Waals surface area contributed by atoms with E-state index in [0.717, 1.165) is 5.56 Å². The van der Waals surface area contributed by atoms with Crippen LogP contribution in [0.5, 0.6) is 0 Å². The van der Waals surface area contributed by atoms with E-state index < -0.39 is 0 Å². The summed E-state index contributed by atoms with van der Waals surface area (Å²) in [5.41, 5.74) is 8.15. The SMILES string of the molecule is Cc1cccc(N)c1NC(=O)c1ccc(Cl)cn1. The number of nitrogens with zero attached hydrogens (tertiary/aromatic N) is 1. The van der Waals surface area contributed by atoms with Crippen LogP contribution in [-0.2, 0) is 0 Å². The normalized spacial score (nSPS) is 10.1. The predicted octanol–water partition coefficient (Wildman–Crippen LogP) is 2.88. The summed E-state index contributed by atoms with van der Waals surface area (Å²) in [5, 5.41) is 3.23. The zero-order valence-corrected chi connectivity index (χ0v) is 10.5. The molecule has 0 fully saturated rings. The molecule has 4 nitrogen and oxygen atoms in total. The van der Waals surface area contributed by atoms with Crippen molar-refractivity contribution in [3.8, 4) is 0 Å². The Morgan fingerprint density at radius 2 is 2.11 bits per heavy atom. The van der Waals surface area contributed by atoms with Crippen LogP contribution in [0.15, 0.2) is 36.5 Å². The van der Waals surface area contributed by atoms with Crippen molar-refractivity contribution < 1.29 is 4.79 Å². The standard InChI is InChI=1S/C13H12ClN3O/c1-8-3-2-4-10(15)12(8)17-13(18)11-6-5-9(14)7-16-11/h2-7H,15H2,1H3,(H,17,18). The lowest BCUT2D eigenvalue weighted by molar-refractivity contribution is 0.102. The van der Waals surface area contributed by atoms with Crippen molar-refractivity contribution in [2.75, 3.05) is 11.1 Å². The number of carbonyl (C=O) groups is 1. The molecule has 0 radical (unpaired) electrons. The number of hydrogen-bond acceptors (Lipinski definition) is 3. The molecule has 0 unspecified atom stereocenters.